The average molecular weight is 270 g/mol. The molecule has 1 aliphatic rings. The van der Waals surface area contributed by atoms with Gasteiger partial charge < -0.3 is 20.7 Å². The molecule has 1 fully saturated rings. The lowest BCUT2D eigenvalue weighted by Crippen LogP contribution is -2.52. The van der Waals surface area contributed by atoms with Crippen LogP contribution in [0.25, 0.3) is 0 Å². The second-order valence-corrected chi connectivity index (χ2v) is 4.70. The van der Waals surface area contributed by atoms with Gasteiger partial charge in [0.15, 0.2) is 5.84 Å². The van der Waals surface area contributed by atoms with Gasteiger partial charge in [0.05, 0.1) is 5.92 Å². The summed E-state index contributed by atoms with van der Waals surface area (Å²) >= 11 is 0. The molecule has 19 heavy (non-hydrogen) atoms. The molecule has 1 aliphatic heterocycles. The van der Waals surface area contributed by atoms with Crippen LogP contribution in [0.3, 0.4) is 0 Å². The zero-order valence-electron chi connectivity index (χ0n) is 11.5. The zero-order valence-corrected chi connectivity index (χ0v) is 11.5. The van der Waals surface area contributed by atoms with Gasteiger partial charge in [-0.05, 0) is 6.42 Å². The minimum Gasteiger partial charge on any atom is -0.409 e. The number of hydrogen-bond donors (Lipinski definition) is 2. The van der Waals surface area contributed by atoms with Gasteiger partial charge in [0.25, 0.3) is 0 Å². The van der Waals surface area contributed by atoms with E-state index in [1.165, 1.54) is 6.92 Å². The van der Waals surface area contributed by atoms with Crippen LogP contribution >= 0.6 is 0 Å². The van der Waals surface area contributed by atoms with E-state index in [0.717, 1.165) is 6.42 Å². The van der Waals surface area contributed by atoms with Crippen LogP contribution < -0.4 is 5.73 Å². The van der Waals surface area contributed by atoms with E-state index in [-0.39, 0.29) is 17.6 Å². The van der Waals surface area contributed by atoms with Gasteiger partial charge in [-0.15, -0.1) is 0 Å². The number of amides is 2. The molecule has 3 N–H and O–H groups in total. The number of carbonyl (C=O) groups is 2. The molecule has 0 aromatic rings. The van der Waals surface area contributed by atoms with Crippen LogP contribution in [0.15, 0.2) is 5.16 Å². The highest BCUT2D eigenvalue weighted by Gasteiger charge is 2.30. The van der Waals surface area contributed by atoms with Gasteiger partial charge in [0, 0.05) is 33.1 Å². The van der Waals surface area contributed by atoms with Crippen LogP contribution in [0.5, 0.6) is 0 Å². The molecular formula is C12H22N4O3. The minimum absolute atomic E-state index is 0.0219. The fourth-order valence-corrected chi connectivity index (χ4v) is 2.22. The van der Waals surface area contributed by atoms with Gasteiger partial charge >= 0.3 is 0 Å². The van der Waals surface area contributed by atoms with Gasteiger partial charge in [-0.2, -0.15) is 0 Å². The van der Waals surface area contributed by atoms with E-state index in [9.17, 15) is 9.59 Å². The van der Waals surface area contributed by atoms with E-state index in [1.54, 1.807) is 9.80 Å². The smallest absolute Gasteiger partial charge is 0.233 e. The molecule has 0 aromatic carbocycles. The molecule has 0 aliphatic carbocycles. The molecule has 1 saturated heterocycles. The third-order valence-electron chi connectivity index (χ3n) is 3.38. The van der Waals surface area contributed by atoms with Crippen molar-refractivity contribution < 1.29 is 14.8 Å². The second-order valence-electron chi connectivity index (χ2n) is 4.70. The Morgan fingerprint density at radius 1 is 1.26 bits per heavy atom. The first-order chi connectivity index (χ1) is 9.01. The minimum atomic E-state index is -0.570. The highest BCUT2D eigenvalue weighted by Crippen LogP contribution is 2.13. The van der Waals surface area contributed by atoms with Gasteiger partial charge in [-0.1, -0.05) is 18.5 Å². The number of rotatable bonds is 4. The molecule has 7 nitrogen and oxygen atoms in total. The quantitative estimate of drug-likeness (QED) is 0.321. The summed E-state index contributed by atoms with van der Waals surface area (Å²) in [7, 11) is 0. The molecule has 0 saturated carbocycles. The maximum Gasteiger partial charge on any atom is 0.233 e. The fourth-order valence-electron chi connectivity index (χ4n) is 2.22. The van der Waals surface area contributed by atoms with Crippen LogP contribution in [-0.4, -0.2) is 58.8 Å². The molecule has 1 unspecified atom stereocenters. The lowest BCUT2D eigenvalue weighted by Gasteiger charge is -2.35. The normalized spacial score (nSPS) is 18.3. The Morgan fingerprint density at radius 3 is 2.21 bits per heavy atom. The number of nitrogens with two attached hydrogens (primary N) is 1. The lowest BCUT2D eigenvalue weighted by molar-refractivity contribution is -0.140. The standard InChI is InChI=1S/C12H22N4O3/c1-3-4-10(11(13)14-19)12(18)16-7-5-15(6-8-16)9(2)17/h10,19H,3-8H2,1-2H3,(H2,13,14). The molecule has 7 heteroatoms. The molecular weight excluding hydrogens is 248 g/mol. The van der Waals surface area contributed by atoms with Gasteiger partial charge in [0.2, 0.25) is 11.8 Å². The summed E-state index contributed by atoms with van der Waals surface area (Å²) in [5.74, 6) is -0.714. The first kappa shape index (κ1) is 15.3. The van der Waals surface area contributed by atoms with Crippen LogP contribution in [0.2, 0.25) is 0 Å². The van der Waals surface area contributed by atoms with Gasteiger partial charge in [0.1, 0.15) is 0 Å². The summed E-state index contributed by atoms with van der Waals surface area (Å²) in [5.41, 5.74) is 5.57. The third-order valence-corrected chi connectivity index (χ3v) is 3.38. The van der Waals surface area contributed by atoms with E-state index in [4.69, 9.17) is 10.9 Å². The Kier molecular flexibility index (Phi) is 5.59. The van der Waals surface area contributed by atoms with Crippen LogP contribution in [0.1, 0.15) is 26.7 Å². The summed E-state index contributed by atoms with van der Waals surface area (Å²) in [6.45, 7) is 5.53. The van der Waals surface area contributed by atoms with Gasteiger partial charge in [-0.25, -0.2) is 0 Å². The van der Waals surface area contributed by atoms with Crippen molar-refractivity contribution in [1.82, 2.24) is 9.80 Å². The van der Waals surface area contributed by atoms with Crippen LogP contribution in [0.4, 0.5) is 0 Å². The topological polar surface area (TPSA) is 99.2 Å². The van der Waals surface area contributed by atoms with E-state index >= 15 is 0 Å². The van der Waals surface area contributed by atoms with Crippen LogP contribution in [0, 0.1) is 5.92 Å². The first-order valence-corrected chi connectivity index (χ1v) is 6.53. The Labute approximate surface area is 113 Å². The van der Waals surface area contributed by atoms with Crippen LogP contribution in [-0.2, 0) is 9.59 Å². The Morgan fingerprint density at radius 2 is 1.79 bits per heavy atom. The third kappa shape index (κ3) is 3.84. The lowest BCUT2D eigenvalue weighted by atomic mass is 10.0. The van der Waals surface area contributed by atoms with Crippen molar-refractivity contribution in [3.63, 3.8) is 0 Å². The molecule has 0 aromatic heterocycles. The van der Waals surface area contributed by atoms with Crippen molar-refractivity contribution >= 4 is 17.6 Å². The van der Waals surface area contributed by atoms with E-state index in [1.807, 2.05) is 6.92 Å². The fraction of sp³-hybridized carbons (Fsp3) is 0.750. The molecule has 108 valence electrons. The molecule has 1 heterocycles. The zero-order chi connectivity index (χ0) is 14.4. The highest BCUT2D eigenvalue weighted by molar-refractivity contribution is 6.02. The molecule has 0 bridgehead atoms. The van der Waals surface area contributed by atoms with Crippen molar-refractivity contribution in [3.05, 3.63) is 0 Å². The van der Waals surface area contributed by atoms with E-state index < -0.39 is 5.92 Å². The Hall–Kier alpha value is -1.79. The molecule has 1 atom stereocenters. The van der Waals surface area contributed by atoms with Crippen molar-refractivity contribution in [2.75, 3.05) is 26.2 Å². The summed E-state index contributed by atoms with van der Waals surface area (Å²) < 4.78 is 0. The molecule has 0 spiro atoms. The second kappa shape index (κ2) is 6.96. The average Bonchev–Trinajstić information content (AvgIpc) is 2.43. The van der Waals surface area contributed by atoms with E-state index in [0.29, 0.717) is 32.6 Å². The van der Waals surface area contributed by atoms with Crippen molar-refractivity contribution in [3.8, 4) is 0 Å². The number of oxime groups is 1. The molecule has 1 rings (SSSR count). The molecule has 2 amide bonds. The molecule has 0 radical (unpaired) electrons. The summed E-state index contributed by atoms with van der Waals surface area (Å²) in [6.07, 6.45) is 1.34. The summed E-state index contributed by atoms with van der Waals surface area (Å²) in [5, 5.41) is 11.7. The van der Waals surface area contributed by atoms with E-state index in [2.05, 4.69) is 5.16 Å². The van der Waals surface area contributed by atoms with Crippen molar-refractivity contribution in [2.24, 2.45) is 16.8 Å². The Bertz CT molecular complexity index is 362. The van der Waals surface area contributed by atoms with Crippen molar-refractivity contribution in [2.45, 2.75) is 26.7 Å². The largest absolute Gasteiger partial charge is 0.409 e. The number of carbonyl (C=O) groups excluding carboxylic acids is 2. The predicted molar refractivity (Wildman–Crippen MR) is 70.6 cm³/mol. The van der Waals surface area contributed by atoms with Gasteiger partial charge in [-0.3, -0.25) is 9.59 Å². The summed E-state index contributed by atoms with van der Waals surface area (Å²) in [6, 6.07) is 0. The highest BCUT2D eigenvalue weighted by atomic mass is 16.4. The SMILES string of the molecule is CCCC(C(=O)N1CCN(C(C)=O)CC1)C(N)=NO. The number of hydrogen-bond acceptors (Lipinski definition) is 4. The number of nitrogens with zero attached hydrogens (tertiary/aromatic N) is 3. The first-order valence-electron chi connectivity index (χ1n) is 6.53. The Balaban J connectivity index is 2.64. The maximum absolute atomic E-state index is 12.3. The predicted octanol–water partition coefficient (Wildman–Crippen LogP) is -0.160. The monoisotopic (exact) mass is 270 g/mol. The maximum atomic E-state index is 12.3. The van der Waals surface area contributed by atoms with Crippen molar-refractivity contribution in [1.29, 1.82) is 0 Å². The summed E-state index contributed by atoms with van der Waals surface area (Å²) in [4.78, 5) is 26.9. The number of piperazine rings is 1. The number of amidine groups is 1.